The van der Waals surface area contributed by atoms with E-state index < -0.39 is 0 Å². The molecule has 1 aliphatic rings. The Bertz CT molecular complexity index is 343. The van der Waals surface area contributed by atoms with Gasteiger partial charge in [-0.2, -0.15) is 0 Å². The van der Waals surface area contributed by atoms with Gasteiger partial charge in [0.15, 0.2) is 5.82 Å². The number of aromatic nitrogens is 2. The predicted molar refractivity (Wildman–Crippen MR) is 38.4 cm³/mol. The molecular weight excluding hydrogens is 144 g/mol. The number of hydrogen-bond acceptors (Lipinski definition) is 3. The molecule has 11 heavy (non-hydrogen) atoms. The first kappa shape index (κ1) is 6.39. The number of fused-ring (bicyclic) bond motifs is 1. The molecule has 0 fully saturated rings. The van der Waals surface area contributed by atoms with Gasteiger partial charge in [0.05, 0.1) is 0 Å². The van der Waals surface area contributed by atoms with Crippen LogP contribution in [0.2, 0.25) is 0 Å². The molecule has 0 aromatic carbocycles. The Morgan fingerprint density at radius 3 is 3.36 bits per heavy atom. The normalized spacial score (nSPS) is 14.3. The molecular formula is C7H8N2O2. The fourth-order valence-corrected chi connectivity index (χ4v) is 1.08. The molecule has 1 aromatic rings. The van der Waals surface area contributed by atoms with E-state index in [1.54, 1.807) is 13.1 Å². The van der Waals surface area contributed by atoms with Crippen LogP contribution in [0.4, 0.5) is 0 Å². The van der Waals surface area contributed by atoms with E-state index in [-0.39, 0.29) is 5.56 Å². The molecule has 0 N–H and O–H groups in total. The second-order valence-electron chi connectivity index (χ2n) is 2.54. The average Bonchev–Trinajstić information content (AvgIpc) is 2.45. The molecule has 0 amide bonds. The van der Waals surface area contributed by atoms with E-state index in [0.717, 1.165) is 12.2 Å². The Morgan fingerprint density at radius 2 is 2.55 bits per heavy atom. The number of hydrogen-bond donors (Lipinski definition) is 0. The molecule has 1 aliphatic heterocycles. The maximum absolute atomic E-state index is 11.3. The van der Waals surface area contributed by atoms with E-state index in [4.69, 9.17) is 4.84 Å². The third-order valence-corrected chi connectivity index (χ3v) is 1.71. The molecule has 0 saturated carbocycles. The first-order chi connectivity index (χ1) is 5.29. The van der Waals surface area contributed by atoms with Crippen molar-refractivity contribution in [1.82, 2.24) is 9.71 Å². The minimum absolute atomic E-state index is 0.0903. The topological polar surface area (TPSA) is 44.1 Å². The van der Waals surface area contributed by atoms with Crippen LogP contribution in [0.25, 0.3) is 0 Å². The summed E-state index contributed by atoms with van der Waals surface area (Å²) in [7, 11) is 0. The standard InChI is InChI=1S/C7H8N2O2/c1-5-4-8-6-2-3-11-9(6)7(5)10/h4H,2-3H2,1H3. The van der Waals surface area contributed by atoms with Crippen LogP contribution in [0.15, 0.2) is 11.0 Å². The molecule has 58 valence electrons. The van der Waals surface area contributed by atoms with Crippen molar-refractivity contribution in [1.29, 1.82) is 0 Å². The van der Waals surface area contributed by atoms with Crippen molar-refractivity contribution in [2.24, 2.45) is 0 Å². The Balaban J connectivity index is 2.72. The van der Waals surface area contributed by atoms with Crippen molar-refractivity contribution in [3.05, 3.63) is 27.9 Å². The van der Waals surface area contributed by atoms with Gasteiger partial charge in [-0.05, 0) is 6.92 Å². The zero-order valence-electron chi connectivity index (χ0n) is 6.20. The molecule has 0 saturated heterocycles. The Hall–Kier alpha value is -1.32. The van der Waals surface area contributed by atoms with Gasteiger partial charge >= 0.3 is 0 Å². The summed E-state index contributed by atoms with van der Waals surface area (Å²) in [5, 5.41) is 0. The third-order valence-electron chi connectivity index (χ3n) is 1.71. The summed E-state index contributed by atoms with van der Waals surface area (Å²) >= 11 is 0. The van der Waals surface area contributed by atoms with Crippen molar-refractivity contribution in [2.45, 2.75) is 13.3 Å². The van der Waals surface area contributed by atoms with E-state index in [0.29, 0.717) is 12.2 Å². The van der Waals surface area contributed by atoms with Crippen LogP contribution in [0, 0.1) is 6.92 Å². The highest BCUT2D eigenvalue weighted by Crippen LogP contribution is 1.99. The van der Waals surface area contributed by atoms with Crippen molar-refractivity contribution >= 4 is 0 Å². The Morgan fingerprint density at radius 1 is 1.73 bits per heavy atom. The van der Waals surface area contributed by atoms with Crippen molar-refractivity contribution in [3.8, 4) is 0 Å². The lowest BCUT2D eigenvalue weighted by molar-refractivity contribution is 0.139. The van der Waals surface area contributed by atoms with Gasteiger partial charge in [-0.3, -0.25) is 4.79 Å². The molecule has 2 heterocycles. The van der Waals surface area contributed by atoms with Crippen LogP contribution >= 0.6 is 0 Å². The van der Waals surface area contributed by atoms with Gasteiger partial charge < -0.3 is 4.84 Å². The Labute approximate surface area is 63.4 Å². The molecule has 0 radical (unpaired) electrons. The smallest absolute Gasteiger partial charge is 0.289 e. The summed E-state index contributed by atoms with van der Waals surface area (Å²) in [4.78, 5) is 20.4. The summed E-state index contributed by atoms with van der Waals surface area (Å²) < 4.78 is 1.27. The molecule has 4 heteroatoms. The maximum Gasteiger partial charge on any atom is 0.289 e. The molecule has 0 bridgehead atoms. The molecule has 1 aromatic heterocycles. The summed E-state index contributed by atoms with van der Waals surface area (Å²) in [6, 6.07) is 0. The van der Waals surface area contributed by atoms with Gasteiger partial charge in [-0.1, -0.05) is 0 Å². The molecule has 4 nitrogen and oxygen atoms in total. The van der Waals surface area contributed by atoms with Crippen LogP contribution in [0.5, 0.6) is 0 Å². The fraction of sp³-hybridized carbons (Fsp3) is 0.429. The van der Waals surface area contributed by atoms with Gasteiger partial charge in [0.1, 0.15) is 6.61 Å². The molecule has 0 atom stereocenters. The van der Waals surface area contributed by atoms with E-state index in [1.165, 1.54) is 4.73 Å². The molecule has 2 rings (SSSR count). The van der Waals surface area contributed by atoms with Gasteiger partial charge in [0.25, 0.3) is 5.56 Å². The highest BCUT2D eigenvalue weighted by Gasteiger charge is 2.14. The molecule has 0 unspecified atom stereocenters. The monoisotopic (exact) mass is 152 g/mol. The summed E-state index contributed by atoms with van der Waals surface area (Å²) in [6.07, 6.45) is 2.32. The zero-order chi connectivity index (χ0) is 7.84. The van der Waals surface area contributed by atoms with Gasteiger partial charge in [0.2, 0.25) is 0 Å². The van der Waals surface area contributed by atoms with E-state index in [9.17, 15) is 4.79 Å². The second-order valence-corrected chi connectivity index (χ2v) is 2.54. The lowest BCUT2D eigenvalue weighted by Gasteiger charge is -2.00. The molecule has 0 aliphatic carbocycles. The minimum Gasteiger partial charge on any atom is -0.409 e. The van der Waals surface area contributed by atoms with E-state index >= 15 is 0 Å². The van der Waals surface area contributed by atoms with Crippen molar-refractivity contribution in [3.63, 3.8) is 0 Å². The SMILES string of the molecule is Cc1cnc2n(c1=O)OCC2. The van der Waals surface area contributed by atoms with Crippen molar-refractivity contribution < 1.29 is 4.84 Å². The first-order valence-electron chi connectivity index (χ1n) is 3.50. The van der Waals surface area contributed by atoms with Crippen LogP contribution in [0.3, 0.4) is 0 Å². The number of nitrogens with zero attached hydrogens (tertiary/aromatic N) is 2. The van der Waals surface area contributed by atoms with Crippen LogP contribution in [0.1, 0.15) is 11.4 Å². The lowest BCUT2D eigenvalue weighted by Crippen LogP contribution is -2.26. The zero-order valence-corrected chi connectivity index (χ0v) is 6.20. The lowest BCUT2D eigenvalue weighted by atomic mass is 10.3. The summed E-state index contributed by atoms with van der Waals surface area (Å²) in [5.41, 5.74) is 0.531. The van der Waals surface area contributed by atoms with Crippen LogP contribution in [-0.4, -0.2) is 16.3 Å². The first-order valence-corrected chi connectivity index (χ1v) is 3.50. The summed E-state index contributed by atoms with van der Waals surface area (Å²) in [6.45, 7) is 2.29. The molecule has 0 spiro atoms. The highest BCUT2D eigenvalue weighted by atomic mass is 16.7. The average molecular weight is 152 g/mol. The number of aryl methyl sites for hydroxylation is 1. The predicted octanol–water partition coefficient (Wildman–Crippen LogP) is -0.464. The third kappa shape index (κ3) is 0.824. The van der Waals surface area contributed by atoms with E-state index in [2.05, 4.69) is 4.98 Å². The highest BCUT2D eigenvalue weighted by molar-refractivity contribution is 5.05. The minimum atomic E-state index is -0.0903. The number of rotatable bonds is 0. The van der Waals surface area contributed by atoms with Gasteiger partial charge in [0, 0.05) is 18.2 Å². The second kappa shape index (κ2) is 2.08. The van der Waals surface area contributed by atoms with Crippen LogP contribution < -0.4 is 10.4 Å². The van der Waals surface area contributed by atoms with Gasteiger partial charge in [-0.25, -0.2) is 4.98 Å². The fourth-order valence-electron chi connectivity index (χ4n) is 1.08. The maximum atomic E-state index is 11.3. The quantitative estimate of drug-likeness (QED) is 0.505. The summed E-state index contributed by atoms with van der Waals surface area (Å²) in [5.74, 6) is 0.723. The largest absolute Gasteiger partial charge is 0.409 e. The van der Waals surface area contributed by atoms with E-state index in [1.807, 2.05) is 0 Å². The van der Waals surface area contributed by atoms with Gasteiger partial charge in [-0.15, -0.1) is 4.73 Å². The van der Waals surface area contributed by atoms with Crippen LogP contribution in [-0.2, 0) is 6.42 Å². The Kier molecular flexibility index (Phi) is 1.21. The van der Waals surface area contributed by atoms with Crippen molar-refractivity contribution in [2.75, 3.05) is 6.61 Å².